The summed E-state index contributed by atoms with van der Waals surface area (Å²) in [6, 6.07) is 0.573. The minimum Gasteiger partial charge on any atom is -0.349 e. The number of anilines is 1. The van der Waals surface area contributed by atoms with Gasteiger partial charge in [0, 0.05) is 36.8 Å². The molecule has 1 heterocycles. The van der Waals surface area contributed by atoms with E-state index in [1.165, 1.54) is 11.3 Å². The number of aromatic nitrogens is 1. The van der Waals surface area contributed by atoms with Gasteiger partial charge in [-0.3, -0.25) is 0 Å². The van der Waals surface area contributed by atoms with Crippen molar-refractivity contribution in [1.29, 1.82) is 0 Å². The monoisotopic (exact) mass is 269 g/mol. The fourth-order valence-corrected chi connectivity index (χ4v) is 3.07. The average molecular weight is 269 g/mol. The third kappa shape index (κ3) is 4.94. The Bertz CT molecular complexity index is 332. The van der Waals surface area contributed by atoms with Crippen molar-refractivity contribution >= 4 is 16.5 Å². The molecule has 1 rings (SSSR count). The van der Waals surface area contributed by atoms with Crippen LogP contribution in [0.2, 0.25) is 0 Å². The molecule has 0 saturated carbocycles. The lowest BCUT2D eigenvalue weighted by Crippen LogP contribution is -2.26. The first kappa shape index (κ1) is 15.4. The van der Waals surface area contributed by atoms with Crippen LogP contribution in [0.3, 0.4) is 0 Å². The van der Waals surface area contributed by atoms with Crippen LogP contribution in [0.15, 0.2) is 6.20 Å². The van der Waals surface area contributed by atoms with Crippen molar-refractivity contribution in [2.24, 2.45) is 5.92 Å². The van der Waals surface area contributed by atoms with Crippen LogP contribution >= 0.6 is 11.3 Å². The highest BCUT2D eigenvalue weighted by molar-refractivity contribution is 7.15. The van der Waals surface area contributed by atoms with E-state index in [9.17, 15) is 0 Å². The van der Waals surface area contributed by atoms with Gasteiger partial charge in [-0.25, -0.2) is 4.98 Å². The van der Waals surface area contributed by atoms with Crippen LogP contribution in [0.1, 0.15) is 45.9 Å². The van der Waals surface area contributed by atoms with Crippen LogP contribution in [0, 0.1) is 5.92 Å². The summed E-state index contributed by atoms with van der Waals surface area (Å²) < 4.78 is 0. The second kappa shape index (κ2) is 7.74. The van der Waals surface area contributed by atoms with Gasteiger partial charge in [-0.2, -0.15) is 0 Å². The van der Waals surface area contributed by atoms with E-state index in [1.807, 2.05) is 6.20 Å². The minimum absolute atomic E-state index is 0.573. The summed E-state index contributed by atoms with van der Waals surface area (Å²) in [5.74, 6) is 0.750. The van der Waals surface area contributed by atoms with E-state index in [4.69, 9.17) is 0 Å². The highest BCUT2D eigenvalue weighted by Gasteiger charge is 2.09. The Hall–Kier alpha value is -0.610. The van der Waals surface area contributed by atoms with Crippen molar-refractivity contribution in [3.63, 3.8) is 0 Å². The summed E-state index contributed by atoms with van der Waals surface area (Å²) in [6.45, 7) is 14.1. The van der Waals surface area contributed by atoms with Crippen LogP contribution in [-0.4, -0.2) is 24.1 Å². The fourth-order valence-electron chi connectivity index (χ4n) is 2.08. The van der Waals surface area contributed by atoms with Crippen LogP contribution in [0.4, 0.5) is 5.13 Å². The first-order chi connectivity index (χ1) is 8.56. The van der Waals surface area contributed by atoms with Crippen molar-refractivity contribution in [2.45, 2.75) is 53.6 Å². The van der Waals surface area contributed by atoms with Crippen LogP contribution in [-0.2, 0) is 6.54 Å². The third-order valence-corrected chi connectivity index (χ3v) is 4.08. The van der Waals surface area contributed by atoms with Gasteiger partial charge < -0.3 is 10.2 Å². The molecule has 1 atom stereocenters. The van der Waals surface area contributed by atoms with Gasteiger partial charge in [0.15, 0.2) is 5.13 Å². The minimum atomic E-state index is 0.573. The molecule has 0 spiro atoms. The molecule has 0 aromatic carbocycles. The van der Waals surface area contributed by atoms with E-state index in [1.54, 1.807) is 11.3 Å². The first-order valence-electron chi connectivity index (χ1n) is 6.99. The largest absolute Gasteiger partial charge is 0.349 e. The molecule has 0 saturated heterocycles. The number of hydrogen-bond acceptors (Lipinski definition) is 4. The molecule has 104 valence electrons. The summed E-state index contributed by atoms with van der Waals surface area (Å²) in [5.41, 5.74) is 0. The Balaban J connectivity index is 2.44. The summed E-state index contributed by atoms with van der Waals surface area (Å²) >= 11 is 1.80. The van der Waals surface area contributed by atoms with Gasteiger partial charge in [0.1, 0.15) is 0 Å². The number of hydrogen-bond donors (Lipinski definition) is 1. The van der Waals surface area contributed by atoms with Crippen molar-refractivity contribution in [3.05, 3.63) is 11.1 Å². The van der Waals surface area contributed by atoms with E-state index in [0.717, 1.165) is 30.7 Å². The molecule has 1 unspecified atom stereocenters. The zero-order valence-corrected chi connectivity index (χ0v) is 13.2. The maximum atomic E-state index is 4.50. The molecule has 0 aliphatic heterocycles. The summed E-state index contributed by atoms with van der Waals surface area (Å²) in [4.78, 5) is 8.13. The number of thiazole rings is 1. The first-order valence-corrected chi connectivity index (χ1v) is 7.81. The second-order valence-corrected chi connectivity index (χ2v) is 6.29. The number of rotatable bonds is 8. The smallest absolute Gasteiger partial charge is 0.185 e. The van der Waals surface area contributed by atoms with Crippen LogP contribution in [0.25, 0.3) is 0 Å². The van der Waals surface area contributed by atoms with Gasteiger partial charge in [0.25, 0.3) is 0 Å². The lowest BCUT2D eigenvalue weighted by Gasteiger charge is -2.16. The molecular weight excluding hydrogens is 242 g/mol. The molecule has 1 aromatic heterocycles. The highest BCUT2D eigenvalue weighted by Crippen LogP contribution is 2.22. The molecule has 0 bridgehead atoms. The Morgan fingerprint density at radius 2 is 1.94 bits per heavy atom. The maximum absolute atomic E-state index is 4.50. The predicted molar refractivity (Wildman–Crippen MR) is 81.4 cm³/mol. The quantitative estimate of drug-likeness (QED) is 0.783. The highest BCUT2D eigenvalue weighted by atomic mass is 32.1. The van der Waals surface area contributed by atoms with E-state index >= 15 is 0 Å². The summed E-state index contributed by atoms with van der Waals surface area (Å²) in [7, 11) is 0. The van der Waals surface area contributed by atoms with Gasteiger partial charge in [-0.05, 0) is 33.1 Å². The lowest BCUT2D eigenvalue weighted by molar-refractivity contribution is 0.443. The molecule has 18 heavy (non-hydrogen) atoms. The second-order valence-electron chi connectivity index (χ2n) is 5.19. The maximum Gasteiger partial charge on any atom is 0.185 e. The Morgan fingerprint density at radius 1 is 1.28 bits per heavy atom. The molecular formula is C14H27N3S. The standard InChI is InChI=1S/C14H27N3S/c1-6-17(7-2)14-16-10-13(18-14)9-15-12(5)8-11(3)4/h10-12,15H,6-9H2,1-5H3. The molecule has 0 aliphatic rings. The zero-order valence-electron chi connectivity index (χ0n) is 12.4. The molecule has 1 aromatic rings. The van der Waals surface area contributed by atoms with Gasteiger partial charge >= 0.3 is 0 Å². The molecule has 0 radical (unpaired) electrons. The Morgan fingerprint density at radius 3 is 2.50 bits per heavy atom. The number of nitrogens with one attached hydrogen (secondary N) is 1. The molecule has 3 nitrogen and oxygen atoms in total. The van der Waals surface area contributed by atoms with E-state index < -0.39 is 0 Å². The average Bonchev–Trinajstić information content (AvgIpc) is 2.76. The van der Waals surface area contributed by atoms with Gasteiger partial charge in [-0.15, -0.1) is 11.3 Å². The van der Waals surface area contributed by atoms with E-state index in [2.05, 4.69) is 49.8 Å². The number of nitrogens with zero attached hydrogens (tertiary/aromatic N) is 2. The van der Waals surface area contributed by atoms with Crippen molar-refractivity contribution in [3.8, 4) is 0 Å². The molecule has 0 aliphatic carbocycles. The molecule has 4 heteroatoms. The van der Waals surface area contributed by atoms with Crippen molar-refractivity contribution < 1.29 is 0 Å². The van der Waals surface area contributed by atoms with E-state index in [-0.39, 0.29) is 0 Å². The molecule has 0 fully saturated rings. The normalized spacial score (nSPS) is 13.0. The summed E-state index contributed by atoms with van der Waals surface area (Å²) in [5, 5.41) is 4.72. The van der Waals surface area contributed by atoms with Crippen molar-refractivity contribution in [2.75, 3.05) is 18.0 Å². The predicted octanol–water partition coefficient (Wildman–Crippen LogP) is 3.51. The van der Waals surface area contributed by atoms with Crippen LogP contribution in [0.5, 0.6) is 0 Å². The van der Waals surface area contributed by atoms with Crippen molar-refractivity contribution in [1.82, 2.24) is 10.3 Å². The van der Waals surface area contributed by atoms with Gasteiger partial charge in [-0.1, -0.05) is 13.8 Å². The van der Waals surface area contributed by atoms with Gasteiger partial charge in [0.2, 0.25) is 0 Å². The third-order valence-electron chi connectivity index (χ3n) is 3.03. The van der Waals surface area contributed by atoms with Crippen LogP contribution < -0.4 is 10.2 Å². The molecule has 1 N–H and O–H groups in total. The topological polar surface area (TPSA) is 28.2 Å². The zero-order chi connectivity index (χ0) is 13.5. The van der Waals surface area contributed by atoms with Gasteiger partial charge in [0.05, 0.1) is 0 Å². The Labute approximate surface area is 116 Å². The lowest BCUT2D eigenvalue weighted by atomic mass is 10.1. The Kier molecular flexibility index (Phi) is 6.65. The SMILES string of the molecule is CCN(CC)c1ncc(CNC(C)CC(C)C)s1. The van der Waals surface area contributed by atoms with E-state index in [0.29, 0.717) is 6.04 Å². The molecule has 0 amide bonds. The summed E-state index contributed by atoms with van der Waals surface area (Å²) in [6.07, 6.45) is 3.23. The fraction of sp³-hybridized carbons (Fsp3) is 0.786.